The van der Waals surface area contributed by atoms with Crippen molar-refractivity contribution in [3.05, 3.63) is 0 Å². The lowest BCUT2D eigenvalue weighted by molar-refractivity contribution is -0.119. The van der Waals surface area contributed by atoms with Crippen LogP contribution in [0, 0.1) is 0 Å². The van der Waals surface area contributed by atoms with Gasteiger partial charge in [0.1, 0.15) is 0 Å². The second-order valence-electron chi connectivity index (χ2n) is 3.06. The average molecular weight is 213 g/mol. The third kappa shape index (κ3) is 1.92. The third-order valence-electron chi connectivity index (χ3n) is 1.96. The van der Waals surface area contributed by atoms with E-state index in [0.717, 1.165) is 24.6 Å². The number of carbonyl (C=O) groups is 1. The zero-order valence-corrected chi connectivity index (χ0v) is 8.38. The van der Waals surface area contributed by atoms with Crippen molar-refractivity contribution < 1.29 is 4.79 Å². The summed E-state index contributed by atoms with van der Waals surface area (Å²) >= 11 is 1.23. The fourth-order valence-corrected chi connectivity index (χ4v) is 1.95. The highest BCUT2D eigenvalue weighted by molar-refractivity contribution is 7.09. The number of hydrogen-bond donors (Lipinski definition) is 2. The minimum Gasteiger partial charge on any atom is -0.367 e. The Hall–Kier alpha value is -1.37. The summed E-state index contributed by atoms with van der Waals surface area (Å²) in [5, 5.41) is 3.52. The van der Waals surface area contributed by atoms with E-state index in [1.807, 2.05) is 4.90 Å². The Morgan fingerprint density at radius 2 is 2.43 bits per heavy atom. The summed E-state index contributed by atoms with van der Waals surface area (Å²) in [6.07, 6.45) is 0.922. The third-order valence-corrected chi connectivity index (χ3v) is 2.75. The Labute approximate surface area is 85.3 Å². The Morgan fingerprint density at radius 3 is 3.14 bits per heavy atom. The van der Waals surface area contributed by atoms with Gasteiger partial charge in [-0.05, 0) is 6.42 Å². The molecule has 1 aromatic rings. The van der Waals surface area contributed by atoms with Crippen molar-refractivity contribution in [2.75, 3.05) is 30.3 Å². The van der Waals surface area contributed by atoms with Gasteiger partial charge < -0.3 is 16.0 Å². The van der Waals surface area contributed by atoms with Gasteiger partial charge in [0.05, 0.1) is 6.54 Å². The van der Waals surface area contributed by atoms with Crippen LogP contribution in [0.4, 0.5) is 11.1 Å². The predicted octanol–water partition coefficient (Wildman–Crippen LogP) is -0.553. The van der Waals surface area contributed by atoms with Crippen LogP contribution in [0.1, 0.15) is 6.42 Å². The number of carbonyl (C=O) groups excluding carboxylic acids is 1. The molecule has 1 amide bonds. The van der Waals surface area contributed by atoms with Gasteiger partial charge in [-0.3, -0.25) is 4.79 Å². The number of amides is 1. The SMILES string of the molecule is Nc1nsc(N2CCCNC(=O)C2)n1. The van der Waals surface area contributed by atoms with Gasteiger partial charge in [0.25, 0.3) is 0 Å². The second-order valence-corrected chi connectivity index (χ2v) is 3.79. The predicted molar refractivity (Wildman–Crippen MR) is 54.2 cm³/mol. The number of nitrogens with zero attached hydrogens (tertiary/aromatic N) is 3. The number of aromatic nitrogens is 2. The molecule has 0 saturated carbocycles. The van der Waals surface area contributed by atoms with Crippen molar-refractivity contribution in [3.8, 4) is 0 Å². The summed E-state index contributed by atoms with van der Waals surface area (Å²) < 4.78 is 3.88. The van der Waals surface area contributed by atoms with Crippen molar-refractivity contribution in [2.24, 2.45) is 0 Å². The van der Waals surface area contributed by atoms with Crippen LogP contribution in [0.3, 0.4) is 0 Å². The van der Waals surface area contributed by atoms with Gasteiger partial charge in [0, 0.05) is 24.6 Å². The first kappa shape index (κ1) is 9.20. The van der Waals surface area contributed by atoms with E-state index in [2.05, 4.69) is 14.7 Å². The minimum absolute atomic E-state index is 0.0243. The van der Waals surface area contributed by atoms with E-state index in [4.69, 9.17) is 5.73 Å². The Balaban J connectivity index is 2.12. The maximum atomic E-state index is 11.2. The van der Waals surface area contributed by atoms with Gasteiger partial charge in [0.15, 0.2) is 0 Å². The summed E-state index contributed by atoms with van der Waals surface area (Å²) in [5.41, 5.74) is 5.42. The van der Waals surface area contributed by atoms with E-state index in [1.165, 1.54) is 11.5 Å². The van der Waals surface area contributed by atoms with E-state index in [9.17, 15) is 4.79 Å². The normalized spacial score (nSPS) is 17.7. The van der Waals surface area contributed by atoms with Crippen LogP contribution in [0.2, 0.25) is 0 Å². The van der Waals surface area contributed by atoms with Crippen molar-refractivity contribution in [3.63, 3.8) is 0 Å². The van der Waals surface area contributed by atoms with Crippen molar-refractivity contribution >= 4 is 28.5 Å². The summed E-state index contributed by atoms with van der Waals surface area (Å²) in [4.78, 5) is 17.2. The van der Waals surface area contributed by atoms with Gasteiger partial charge >= 0.3 is 0 Å². The van der Waals surface area contributed by atoms with E-state index >= 15 is 0 Å². The number of nitrogens with one attached hydrogen (secondary N) is 1. The van der Waals surface area contributed by atoms with E-state index in [0.29, 0.717) is 6.54 Å². The van der Waals surface area contributed by atoms with Crippen LogP contribution < -0.4 is 16.0 Å². The molecule has 0 radical (unpaired) electrons. The van der Waals surface area contributed by atoms with Gasteiger partial charge in [-0.15, -0.1) is 0 Å². The minimum atomic E-state index is 0.0243. The maximum absolute atomic E-state index is 11.2. The second kappa shape index (κ2) is 3.79. The van der Waals surface area contributed by atoms with Crippen molar-refractivity contribution in [1.82, 2.24) is 14.7 Å². The number of hydrogen-bond acceptors (Lipinski definition) is 6. The molecule has 1 saturated heterocycles. The molecule has 14 heavy (non-hydrogen) atoms. The molecule has 1 fully saturated rings. The molecule has 0 aromatic carbocycles. The summed E-state index contributed by atoms with van der Waals surface area (Å²) in [6.45, 7) is 1.88. The molecule has 0 unspecified atom stereocenters. The van der Waals surface area contributed by atoms with Gasteiger partial charge in [-0.25, -0.2) is 0 Å². The molecule has 3 N–H and O–H groups in total. The number of rotatable bonds is 1. The fraction of sp³-hybridized carbons (Fsp3) is 0.571. The molecule has 6 nitrogen and oxygen atoms in total. The molecule has 2 rings (SSSR count). The van der Waals surface area contributed by atoms with Crippen LogP contribution in [-0.2, 0) is 4.79 Å². The first-order chi connectivity index (χ1) is 6.75. The first-order valence-corrected chi connectivity index (χ1v) is 5.14. The lowest BCUT2D eigenvalue weighted by Gasteiger charge is -2.16. The molecule has 0 aliphatic carbocycles. The quantitative estimate of drug-likeness (QED) is 0.653. The van der Waals surface area contributed by atoms with Gasteiger partial charge in [-0.1, -0.05) is 0 Å². The molecule has 1 aliphatic rings. The first-order valence-electron chi connectivity index (χ1n) is 4.36. The Kier molecular flexibility index (Phi) is 2.49. The molecular weight excluding hydrogens is 202 g/mol. The monoisotopic (exact) mass is 213 g/mol. The smallest absolute Gasteiger partial charge is 0.239 e. The molecule has 1 aliphatic heterocycles. The molecular formula is C7H11N5OS. The van der Waals surface area contributed by atoms with Crippen LogP contribution in [-0.4, -0.2) is 34.9 Å². The van der Waals surface area contributed by atoms with Gasteiger partial charge in [-0.2, -0.15) is 9.36 Å². The van der Waals surface area contributed by atoms with Crippen LogP contribution in [0.15, 0.2) is 0 Å². The summed E-state index contributed by atoms with van der Waals surface area (Å²) in [5.74, 6) is 0.297. The lowest BCUT2D eigenvalue weighted by atomic mass is 10.4. The molecule has 76 valence electrons. The largest absolute Gasteiger partial charge is 0.367 e. The standard InChI is InChI=1S/C7H11N5OS/c8-6-10-7(14-11-6)12-3-1-2-9-5(13)4-12/h1-4H2,(H2,8,11)(H,9,13). The zero-order valence-electron chi connectivity index (χ0n) is 7.56. The van der Waals surface area contributed by atoms with Crippen molar-refractivity contribution in [2.45, 2.75) is 6.42 Å². The highest BCUT2D eigenvalue weighted by Gasteiger charge is 2.17. The molecule has 7 heteroatoms. The molecule has 0 bridgehead atoms. The Bertz CT molecular complexity index is 339. The topological polar surface area (TPSA) is 84.1 Å². The lowest BCUT2D eigenvalue weighted by Crippen LogP contribution is -2.32. The van der Waals surface area contributed by atoms with Gasteiger partial charge in [0.2, 0.25) is 17.0 Å². The molecule has 0 spiro atoms. The molecule has 1 aromatic heterocycles. The number of nitrogen functional groups attached to an aromatic ring is 1. The highest BCUT2D eigenvalue weighted by atomic mass is 32.1. The van der Waals surface area contributed by atoms with E-state index < -0.39 is 0 Å². The van der Waals surface area contributed by atoms with E-state index in [-0.39, 0.29) is 11.9 Å². The molecule has 0 atom stereocenters. The summed E-state index contributed by atoms with van der Waals surface area (Å²) in [7, 11) is 0. The van der Waals surface area contributed by atoms with Crippen molar-refractivity contribution in [1.29, 1.82) is 0 Å². The van der Waals surface area contributed by atoms with Crippen LogP contribution >= 0.6 is 11.5 Å². The number of nitrogens with two attached hydrogens (primary N) is 1. The molecule has 2 heterocycles. The van der Waals surface area contributed by atoms with Crippen LogP contribution in [0.25, 0.3) is 0 Å². The van der Waals surface area contributed by atoms with E-state index in [1.54, 1.807) is 0 Å². The number of anilines is 2. The van der Waals surface area contributed by atoms with Crippen LogP contribution in [0.5, 0.6) is 0 Å². The fourth-order valence-electron chi connectivity index (χ4n) is 1.32. The maximum Gasteiger partial charge on any atom is 0.239 e. The summed E-state index contributed by atoms with van der Waals surface area (Å²) in [6, 6.07) is 0. The zero-order chi connectivity index (χ0) is 9.97. The Morgan fingerprint density at radius 1 is 1.57 bits per heavy atom. The average Bonchev–Trinajstić information content (AvgIpc) is 2.45. The highest BCUT2D eigenvalue weighted by Crippen LogP contribution is 2.18.